The summed E-state index contributed by atoms with van der Waals surface area (Å²) >= 11 is 0. The monoisotopic (exact) mass is 858 g/mol. The molecule has 11 heteroatoms. The molecule has 1 amide bonds. The van der Waals surface area contributed by atoms with Crippen molar-refractivity contribution < 1.29 is 50.0 Å². The molecular formula is C49H95NO10. The van der Waals surface area contributed by atoms with E-state index in [0.717, 1.165) is 38.5 Å². The van der Waals surface area contributed by atoms with Crippen LogP contribution in [0, 0.1) is 0 Å². The van der Waals surface area contributed by atoms with Crippen molar-refractivity contribution in [2.24, 2.45) is 0 Å². The van der Waals surface area contributed by atoms with Crippen LogP contribution in [0.25, 0.3) is 0 Å². The zero-order valence-electron chi connectivity index (χ0n) is 38.5. The number of hydrogen-bond acceptors (Lipinski definition) is 10. The topological polar surface area (TPSA) is 189 Å². The number of amides is 1. The fraction of sp³-hybridized carbons (Fsp3) is 0.939. The molecule has 0 aromatic heterocycles. The predicted molar refractivity (Wildman–Crippen MR) is 243 cm³/mol. The smallest absolute Gasteiger partial charge is 0.249 e. The van der Waals surface area contributed by atoms with E-state index >= 15 is 0 Å². The molecule has 0 radical (unpaired) electrons. The Balaban J connectivity index is 2.37. The highest BCUT2D eigenvalue weighted by Crippen LogP contribution is 2.23. The molecule has 11 nitrogen and oxygen atoms in total. The number of rotatable bonds is 42. The molecule has 1 aliphatic heterocycles. The number of unbranched alkanes of at least 4 members (excludes halogenated alkanes) is 29. The molecule has 0 spiro atoms. The summed E-state index contributed by atoms with van der Waals surface area (Å²) in [5.74, 6) is -0.710. The third kappa shape index (κ3) is 28.5. The summed E-state index contributed by atoms with van der Waals surface area (Å²) in [4.78, 5) is 13.1. The number of hydrogen-bond donors (Lipinski definition) is 8. The molecule has 1 heterocycles. The van der Waals surface area contributed by atoms with Crippen LogP contribution in [0.3, 0.4) is 0 Å². The summed E-state index contributed by atoms with van der Waals surface area (Å²) < 4.78 is 11.1. The van der Waals surface area contributed by atoms with E-state index in [0.29, 0.717) is 6.42 Å². The van der Waals surface area contributed by atoms with Crippen LogP contribution < -0.4 is 5.32 Å². The first kappa shape index (κ1) is 56.9. The van der Waals surface area contributed by atoms with Crippen LogP contribution in [-0.4, -0.2) is 110 Å². The summed E-state index contributed by atoms with van der Waals surface area (Å²) in [6, 6.07) is -1.19. The van der Waals surface area contributed by atoms with Gasteiger partial charge in [-0.25, -0.2) is 0 Å². The molecule has 0 saturated carbocycles. The van der Waals surface area contributed by atoms with E-state index in [1.807, 2.05) is 12.2 Å². The van der Waals surface area contributed by atoms with Gasteiger partial charge in [0.25, 0.3) is 0 Å². The van der Waals surface area contributed by atoms with Crippen LogP contribution in [0.5, 0.6) is 0 Å². The average molecular weight is 858 g/mol. The van der Waals surface area contributed by atoms with Crippen molar-refractivity contribution in [1.82, 2.24) is 5.32 Å². The Labute approximate surface area is 366 Å². The number of aliphatic hydroxyl groups is 7. The summed E-state index contributed by atoms with van der Waals surface area (Å²) in [6.07, 6.45) is 31.4. The third-order valence-electron chi connectivity index (χ3n) is 12.3. The molecule has 0 bridgehead atoms. The molecular weight excluding hydrogens is 763 g/mol. The van der Waals surface area contributed by atoms with Crippen LogP contribution in [0.1, 0.15) is 226 Å². The van der Waals surface area contributed by atoms with Crippen molar-refractivity contribution in [3.63, 3.8) is 0 Å². The van der Waals surface area contributed by atoms with Gasteiger partial charge in [0.15, 0.2) is 6.29 Å². The van der Waals surface area contributed by atoms with E-state index in [1.165, 1.54) is 154 Å². The zero-order valence-corrected chi connectivity index (χ0v) is 38.5. The second-order valence-corrected chi connectivity index (χ2v) is 17.9. The summed E-state index contributed by atoms with van der Waals surface area (Å²) in [5, 5.41) is 75.6. The van der Waals surface area contributed by atoms with Gasteiger partial charge < -0.3 is 50.5 Å². The zero-order chi connectivity index (χ0) is 44.1. The molecule has 9 unspecified atom stereocenters. The maximum Gasteiger partial charge on any atom is 0.249 e. The van der Waals surface area contributed by atoms with Crippen molar-refractivity contribution in [1.29, 1.82) is 0 Å². The van der Waals surface area contributed by atoms with Gasteiger partial charge in [-0.3, -0.25) is 4.79 Å². The molecule has 1 aliphatic rings. The van der Waals surface area contributed by atoms with E-state index in [1.54, 1.807) is 0 Å². The Bertz CT molecular complexity index is 986. The quantitative estimate of drug-likeness (QED) is 0.0218. The van der Waals surface area contributed by atoms with E-state index in [-0.39, 0.29) is 12.8 Å². The largest absolute Gasteiger partial charge is 0.394 e. The molecule has 356 valence electrons. The Morgan fingerprint density at radius 2 is 1.00 bits per heavy atom. The van der Waals surface area contributed by atoms with Gasteiger partial charge in [-0.2, -0.15) is 0 Å². The molecule has 0 aliphatic carbocycles. The first-order valence-corrected chi connectivity index (χ1v) is 25.1. The highest BCUT2D eigenvalue weighted by molar-refractivity contribution is 5.80. The minimum atomic E-state index is -1.67. The predicted octanol–water partition coefficient (Wildman–Crippen LogP) is 8.84. The Kier molecular flexibility index (Phi) is 37.4. The maximum absolute atomic E-state index is 13.1. The van der Waals surface area contributed by atoms with Crippen LogP contribution in [0.4, 0.5) is 0 Å². The molecule has 60 heavy (non-hydrogen) atoms. The lowest BCUT2D eigenvalue weighted by Gasteiger charge is -2.40. The van der Waals surface area contributed by atoms with Gasteiger partial charge in [0.2, 0.25) is 5.91 Å². The van der Waals surface area contributed by atoms with Crippen LogP contribution in [0.2, 0.25) is 0 Å². The van der Waals surface area contributed by atoms with E-state index in [9.17, 15) is 40.5 Å². The number of carbonyl (C=O) groups is 1. The molecule has 1 saturated heterocycles. The van der Waals surface area contributed by atoms with Gasteiger partial charge in [-0.05, 0) is 25.7 Å². The highest BCUT2D eigenvalue weighted by atomic mass is 16.7. The van der Waals surface area contributed by atoms with Crippen molar-refractivity contribution in [3.05, 3.63) is 12.2 Å². The highest BCUT2D eigenvalue weighted by Gasteiger charge is 2.44. The second-order valence-electron chi connectivity index (χ2n) is 17.9. The van der Waals surface area contributed by atoms with Crippen LogP contribution in [-0.2, 0) is 14.3 Å². The lowest BCUT2D eigenvalue weighted by atomic mass is 9.99. The average Bonchev–Trinajstić information content (AvgIpc) is 3.25. The SMILES string of the molecule is CCCCCCCCCCCC=CCC(O)C(O)C(COC1OC(CO)C(O)C(O)C1O)NC(=O)C(O)CCCCCCCCCCCCCCCCCCCCCCC. The summed E-state index contributed by atoms with van der Waals surface area (Å²) in [5.41, 5.74) is 0. The number of carbonyl (C=O) groups excluding carboxylic acids is 1. The summed E-state index contributed by atoms with van der Waals surface area (Å²) in [7, 11) is 0. The normalized spacial score (nSPS) is 21.6. The molecule has 1 rings (SSSR count). The molecule has 0 aromatic carbocycles. The van der Waals surface area contributed by atoms with Gasteiger partial charge in [-0.1, -0.05) is 212 Å². The minimum Gasteiger partial charge on any atom is -0.394 e. The number of nitrogens with one attached hydrogen (secondary N) is 1. The fourth-order valence-electron chi connectivity index (χ4n) is 8.14. The lowest BCUT2D eigenvalue weighted by Crippen LogP contribution is -2.60. The molecule has 9 atom stereocenters. The standard InChI is InChI=1S/C49H95NO10/c1-3-5-7-9-11-13-15-17-18-19-20-21-22-23-24-25-27-29-31-33-35-37-42(53)48(58)50-40(39-59-49-47(57)46(56)45(55)43(38-51)60-49)44(54)41(52)36-34-32-30-28-26-16-14-12-10-8-6-4-2/h32,34,40-47,49,51-57H,3-31,33,35-39H2,1-2H3,(H,50,58). The van der Waals surface area contributed by atoms with Crippen molar-refractivity contribution in [3.8, 4) is 0 Å². The number of ether oxygens (including phenoxy) is 2. The molecule has 8 N–H and O–H groups in total. The van der Waals surface area contributed by atoms with Crippen LogP contribution in [0.15, 0.2) is 12.2 Å². The van der Waals surface area contributed by atoms with E-state index < -0.39 is 74.2 Å². The van der Waals surface area contributed by atoms with E-state index in [2.05, 4.69) is 19.2 Å². The third-order valence-corrected chi connectivity index (χ3v) is 12.3. The van der Waals surface area contributed by atoms with Crippen molar-refractivity contribution >= 4 is 5.91 Å². The van der Waals surface area contributed by atoms with E-state index in [4.69, 9.17) is 9.47 Å². The second kappa shape index (κ2) is 39.4. The van der Waals surface area contributed by atoms with Crippen molar-refractivity contribution in [2.45, 2.75) is 281 Å². The Morgan fingerprint density at radius 3 is 1.43 bits per heavy atom. The van der Waals surface area contributed by atoms with Gasteiger partial charge in [-0.15, -0.1) is 0 Å². The number of allylic oxidation sites excluding steroid dienone is 1. The van der Waals surface area contributed by atoms with Gasteiger partial charge in [0, 0.05) is 0 Å². The number of aliphatic hydroxyl groups excluding tert-OH is 7. The molecule has 1 fully saturated rings. The fourth-order valence-corrected chi connectivity index (χ4v) is 8.14. The van der Waals surface area contributed by atoms with Gasteiger partial charge in [0.05, 0.1) is 25.4 Å². The first-order chi connectivity index (χ1) is 29.2. The van der Waals surface area contributed by atoms with Crippen molar-refractivity contribution in [2.75, 3.05) is 13.2 Å². The van der Waals surface area contributed by atoms with Crippen LogP contribution >= 0.6 is 0 Å². The lowest BCUT2D eigenvalue weighted by molar-refractivity contribution is -0.303. The molecule has 0 aromatic rings. The first-order valence-electron chi connectivity index (χ1n) is 25.1. The Morgan fingerprint density at radius 1 is 0.583 bits per heavy atom. The van der Waals surface area contributed by atoms with Gasteiger partial charge in [0.1, 0.15) is 36.6 Å². The summed E-state index contributed by atoms with van der Waals surface area (Å²) in [6.45, 7) is 3.42. The van der Waals surface area contributed by atoms with Gasteiger partial charge >= 0.3 is 0 Å². The minimum absolute atomic E-state index is 0.132. The maximum atomic E-state index is 13.1. The Hall–Kier alpha value is -1.15.